The normalized spacial score (nSPS) is 27.2. The van der Waals surface area contributed by atoms with Gasteiger partial charge in [-0.2, -0.15) is 5.10 Å². The van der Waals surface area contributed by atoms with E-state index in [0.717, 1.165) is 36.7 Å². The molecule has 24 heavy (non-hydrogen) atoms. The number of aromatic nitrogens is 2. The number of rotatable bonds is 2. The summed E-state index contributed by atoms with van der Waals surface area (Å²) in [6.45, 7) is 1.99. The van der Waals surface area contributed by atoms with E-state index in [4.69, 9.17) is 9.47 Å². The van der Waals surface area contributed by atoms with E-state index in [0.29, 0.717) is 18.8 Å². The van der Waals surface area contributed by atoms with Crippen molar-refractivity contribution in [1.29, 1.82) is 0 Å². The molecular weight excluding hydrogens is 306 g/mol. The van der Waals surface area contributed by atoms with E-state index in [-0.39, 0.29) is 17.6 Å². The molecule has 0 N–H and O–H groups in total. The Bertz CT molecular complexity index is 772. The Hall–Kier alpha value is -1.92. The van der Waals surface area contributed by atoms with Gasteiger partial charge >= 0.3 is 0 Å². The smallest absolute Gasteiger partial charge is 0.275 e. The molecule has 2 fully saturated rings. The zero-order valence-electron chi connectivity index (χ0n) is 14.2. The van der Waals surface area contributed by atoms with Crippen LogP contribution in [0.1, 0.15) is 29.8 Å². The predicted octanol–water partition coefficient (Wildman–Crippen LogP) is 1.98. The lowest BCUT2D eigenvalue weighted by Gasteiger charge is -2.39. The SMILES string of the molecule is CO[C@H]1CO[C@@]2(CCCN(C(=O)c3nn(C)c4ccccc34)C2)C1. The Labute approximate surface area is 141 Å². The maximum atomic E-state index is 13.1. The first-order chi connectivity index (χ1) is 11.6. The van der Waals surface area contributed by atoms with E-state index >= 15 is 0 Å². The second kappa shape index (κ2) is 5.86. The standard InChI is InChI=1S/C18H23N3O3/c1-20-15-7-4-3-6-14(15)16(19-20)17(22)21-9-5-8-18(12-21)10-13(23-2)11-24-18/h3-4,6-7,13H,5,8-12H2,1-2H3/t13-,18+/m1/s1. The van der Waals surface area contributed by atoms with Gasteiger partial charge in [-0.05, 0) is 18.9 Å². The monoisotopic (exact) mass is 329 g/mol. The van der Waals surface area contributed by atoms with Crippen LogP contribution < -0.4 is 0 Å². The van der Waals surface area contributed by atoms with Crippen molar-refractivity contribution >= 4 is 16.8 Å². The van der Waals surface area contributed by atoms with E-state index < -0.39 is 0 Å². The van der Waals surface area contributed by atoms with Crippen LogP contribution in [-0.2, 0) is 16.5 Å². The van der Waals surface area contributed by atoms with Crippen molar-refractivity contribution in [2.24, 2.45) is 7.05 Å². The maximum absolute atomic E-state index is 13.1. The molecule has 2 aliphatic rings. The molecule has 6 heteroatoms. The Morgan fingerprint density at radius 2 is 2.25 bits per heavy atom. The highest BCUT2D eigenvalue weighted by atomic mass is 16.6. The average Bonchev–Trinajstić information content (AvgIpc) is 3.16. The zero-order chi connectivity index (χ0) is 16.7. The van der Waals surface area contributed by atoms with Crippen LogP contribution in [0.4, 0.5) is 0 Å². The van der Waals surface area contributed by atoms with E-state index in [2.05, 4.69) is 5.10 Å². The number of benzene rings is 1. The lowest BCUT2D eigenvalue weighted by molar-refractivity contribution is -0.0459. The average molecular weight is 329 g/mol. The molecule has 1 amide bonds. The van der Waals surface area contributed by atoms with E-state index in [1.807, 2.05) is 36.2 Å². The number of aryl methyl sites for hydroxylation is 1. The molecule has 1 aromatic carbocycles. The van der Waals surface area contributed by atoms with Crippen molar-refractivity contribution in [2.75, 3.05) is 26.8 Å². The Morgan fingerprint density at radius 1 is 1.42 bits per heavy atom. The minimum atomic E-state index is -0.251. The van der Waals surface area contributed by atoms with E-state index in [1.165, 1.54) is 0 Å². The summed E-state index contributed by atoms with van der Waals surface area (Å²) in [6, 6.07) is 7.86. The maximum Gasteiger partial charge on any atom is 0.275 e. The lowest BCUT2D eigenvalue weighted by Crippen LogP contribution is -2.50. The zero-order valence-corrected chi connectivity index (χ0v) is 14.2. The summed E-state index contributed by atoms with van der Waals surface area (Å²) >= 11 is 0. The largest absolute Gasteiger partial charge is 0.379 e. The fourth-order valence-corrected chi connectivity index (χ4v) is 4.03. The molecule has 2 aliphatic heterocycles. The van der Waals surface area contributed by atoms with Gasteiger partial charge in [0, 0.05) is 32.5 Å². The molecule has 128 valence electrons. The van der Waals surface area contributed by atoms with Crippen LogP contribution in [0.3, 0.4) is 0 Å². The highest BCUT2D eigenvalue weighted by Gasteiger charge is 2.45. The molecule has 4 rings (SSSR count). The number of para-hydroxylation sites is 1. The highest BCUT2D eigenvalue weighted by molar-refractivity contribution is 6.04. The quantitative estimate of drug-likeness (QED) is 0.845. The molecule has 2 aromatic rings. The van der Waals surface area contributed by atoms with Gasteiger partial charge in [0.05, 0.1) is 30.4 Å². The van der Waals surface area contributed by atoms with Gasteiger partial charge < -0.3 is 14.4 Å². The Balaban J connectivity index is 1.60. The molecule has 3 heterocycles. The number of ether oxygens (including phenoxy) is 2. The number of nitrogens with zero attached hydrogens (tertiary/aromatic N) is 3. The minimum absolute atomic E-state index is 0.00431. The fraction of sp³-hybridized carbons (Fsp3) is 0.556. The molecule has 0 saturated carbocycles. The van der Waals surface area contributed by atoms with Crippen molar-refractivity contribution in [3.63, 3.8) is 0 Å². The molecule has 0 radical (unpaired) electrons. The predicted molar refractivity (Wildman–Crippen MR) is 89.9 cm³/mol. The first kappa shape index (κ1) is 15.6. The lowest BCUT2D eigenvalue weighted by atomic mass is 9.89. The number of fused-ring (bicyclic) bond motifs is 1. The number of methoxy groups -OCH3 is 1. The summed E-state index contributed by atoms with van der Waals surface area (Å²) in [5.41, 5.74) is 1.26. The first-order valence-electron chi connectivity index (χ1n) is 8.50. The third-order valence-electron chi connectivity index (χ3n) is 5.30. The van der Waals surface area contributed by atoms with Crippen LogP contribution in [0.25, 0.3) is 10.9 Å². The van der Waals surface area contributed by atoms with Gasteiger partial charge in [0.2, 0.25) is 0 Å². The molecule has 6 nitrogen and oxygen atoms in total. The van der Waals surface area contributed by atoms with Crippen molar-refractivity contribution in [2.45, 2.75) is 31.0 Å². The van der Waals surface area contributed by atoms with Gasteiger partial charge in [-0.3, -0.25) is 9.48 Å². The topological polar surface area (TPSA) is 56.6 Å². The van der Waals surface area contributed by atoms with Crippen LogP contribution >= 0.6 is 0 Å². The van der Waals surface area contributed by atoms with Crippen LogP contribution in [0.2, 0.25) is 0 Å². The number of carbonyl (C=O) groups is 1. The molecule has 0 unspecified atom stereocenters. The van der Waals surface area contributed by atoms with Gasteiger partial charge in [-0.25, -0.2) is 0 Å². The summed E-state index contributed by atoms with van der Waals surface area (Å²) in [6.07, 6.45) is 2.93. The van der Waals surface area contributed by atoms with Gasteiger partial charge in [-0.1, -0.05) is 18.2 Å². The summed E-state index contributed by atoms with van der Waals surface area (Å²) in [7, 11) is 3.60. The summed E-state index contributed by atoms with van der Waals surface area (Å²) < 4.78 is 13.3. The van der Waals surface area contributed by atoms with Crippen LogP contribution in [-0.4, -0.2) is 59.1 Å². The highest BCUT2D eigenvalue weighted by Crippen LogP contribution is 2.36. The summed E-state index contributed by atoms with van der Waals surface area (Å²) in [4.78, 5) is 15.0. The number of amides is 1. The number of likely N-dealkylation sites (tertiary alicyclic amines) is 1. The first-order valence-corrected chi connectivity index (χ1v) is 8.50. The van der Waals surface area contributed by atoms with Crippen molar-refractivity contribution in [3.05, 3.63) is 30.0 Å². The molecule has 1 spiro atoms. The molecule has 2 saturated heterocycles. The third-order valence-corrected chi connectivity index (χ3v) is 5.30. The van der Waals surface area contributed by atoms with E-state index in [1.54, 1.807) is 11.8 Å². The molecule has 2 atom stereocenters. The Kier molecular flexibility index (Phi) is 3.81. The van der Waals surface area contributed by atoms with Crippen LogP contribution in [0.5, 0.6) is 0 Å². The summed E-state index contributed by atoms with van der Waals surface area (Å²) in [5.74, 6) is -0.00431. The van der Waals surface area contributed by atoms with E-state index in [9.17, 15) is 4.79 Å². The van der Waals surface area contributed by atoms with Crippen LogP contribution in [0, 0.1) is 0 Å². The van der Waals surface area contributed by atoms with Crippen LogP contribution in [0.15, 0.2) is 24.3 Å². The summed E-state index contributed by atoms with van der Waals surface area (Å²) in [5, 5.41) is 5.38. The van der Waals surface area contributed by atoms with Crippen molar-refractivity contribution < 1.29 is 14.3 Å². The Morgan fingerprint density at radius 3 is 3.04 bits per heavy atom. The van der Waals surface area contributed by atoms with Gasteiger partial charge in [0.1, 0.15) is 0 Å². The van der Waals surface area contributed by atoms with Gasteiger partial charge in [-0.15, -0.1) is 0 Å². The molecular formula is C18H23N3O3. The number of piperidine rings is 1. The third kappa shape index (κ3) is 2.50. The van der Waals surface area contributed by atoms with Gasteiger partial charge in [0.25, 0.3) is 5.91 Å². The fourth-order valence-electron chi connectivity index (χ4n) is 4.03. The molecule has 0 aliphatic carbocycles. The molecule has 0 bridgehead atoms. The minimum Gasteiger partial charge on any atom is -0.379 e. The number of carbonyl (C=O) groups excluding carboxylic acids is 1. The second-order valence-corrected chi connectivity index (χ2v) is 6.88. The van der Waals surface area contributed by atoms with Gasteiger partial charge in [0.15, 0.2) is 5.69 Å². The van der Waals surface area contributed by atoms with Crippen molar-refractivity contribution in [3.8, 4) is 0 Å². The molecule has 1 aromatic heterocycles. The number of hydrogen-bond donors (Lipinski definition) is 0. The number of hydrogen-bond acceptors (Lipinski definition) is 4. The van der Waals surface area contributed by atoms with Crippen molar-refractivity contribution in [1.82, 2.24) is 14.7 Å². The second-order valence-electron chi connectivity index (χ2n) is 6.88.